The van der Waals surface area contributed by atoms with E-state index in [1.54, 1.807) is 23.1 Å². The maximum absolute atomic E-state index is 12.8. The van der Waals surface area contributed by atoms with E-state index in [0.29, 0.717) is 17.8 Å². The maximum atomic E-state index is 12.8. The van der Waals surface area contributed by atoms with Crippen molar-refractivity contribution < 1.29 is 9.59 Å². The van der Waals surface area contributed by atoms with E-state index in [0.717, 1.165) is 30.2 Å². The molecule has 4 N–H and O–H groups in total. The number of hydrogen-bond donors (Lipinski definition) is 3. The number of hydrogen-bond acceptors (Lipinski definition) is 3. The smallest absolute Gasteiger partial charge is 0.322 e. The molecule has 2 aliphatic rings. The second-order valence-corrected chi connectivity index (χ2v) is 8.70. The van der Waals surface area contributed by atoms with Gasteiger partial charge >= 0.3 is 6.03 Å². The van der Waals surface area contributed by atoms with Crippen molar-refractivity contribution in [1.82, 2.24) is 10.6 Å². The van der Waals surface area contributed by atoms with Gasteiger partial charge in [0.05, 0.1) is 23.3 Å². The third kappa shape index (κ3) is 3.73. The van der Waals surface area contributed by atoms with E-state index in [9.17, 15) is 9.59 Å². The average Bonchev–Trinajstić information content (AvgIpc) is 3.07. The van der Waals surface area contributed by atoms with Gasteiger partial charge in [-0.2, -0.15) is 0 Å². The lowest BCUT2D eigenvalue weighted by Gasteiger charge is -2.45. The number of anilines is 1. The Hall–Kier alpha value is -2.13. The van der Waals surface area contributed by atoms with Gasteiger partial charge in [-0.05, 0) is 43.4 Å². The summed E-state index contributed by atoms with van der Waals surface area (Å²) in [6.07, 6.45) is 3.61. The largest absolute Gasteiger partial charge is 0.366 e. The van der Waals surface area contributed by atoms with E-state index in [2.05, 4.69) is 57.5 Å². The average molecular weight is 504 g/mol. The number of benzene rings is 2. The van der Waals surface area contributed by atoms with Crippen molar-refractivity contribution in [3.63, 3.8) is 0 Å². The number of para-hydroxylation sites is 1. The van der Waals surface area contributed by atoms with Gasteiger partial charge in [0.2, 0.25) is 0 Å². The molecule has 0 atom stereocenters. The number of nitrogens with zero attached hydrogens (tertiary/aromatic N) is 1. The zero-order chi connectivity index (χ0) is 20.5. The number of primary amides is 1. The summed E-state index contributed by atoms with van der Waals surface area (Å²) >= 11 is 2.36. The van der Waals surface area contributed by atoms with E-state index in [-0.39, 0.29) is 17.1 Å². The molecule has 6 nitrogen and oxygen atoms in total. The molecule has 1 saturated carbocycles. The third-order valence-electron chi connectivity index (χ3n) is 6.33. The van der Waals surface area contributed by atoms with Crippen LogP contribution in [0.3, 0.4) is 0 Å². The van der Waals surface area contributed by atoms with Crippen molar-refractivity contribution >= 4 is 40.2 Å². The minimum Gasteiger partial charge on any atom is -0.366 e. The molecule has 0 bridgehead atoms. The van der Waals surface area contributed by atoms with Crippen LogP contribution in [-0.4, -0.2) is 28.6 Å². The first-order valence-electron chi connectivity index (χ1n) is 9.84. The Kier molecular flexibility index (Phi) is 5.52. The van der Waals surface area contributed by atoms with Gasteiger partial charge in [-0.25, -0.2) is 4.79 Å². The second kappa shape index (κ2) is 7.95. The Labute approximate surface area is 184 Å². The molecule has 0 radical (unpaired) electrons. The van der Waals surface area contributed by atoms with Crippen LogP contribution in [0.2, 0.25) is 0 Å². The van der Waals surface area contributed by atoms with Crippen molar-refractivity contribution in [2.75, 3.05) is 16.0 Å². The van der Waals surface area contributed by atoms with Crippen molar-refractivity contribution in [2.24, 2.45) is 5.73 Å². The van der Waals surface area contributed by atoms with Gasteiger partial charge in [-0.3, -0.25) is 15.0 Å². The Morgan fingerprint density at radius 3 is 2.38 bits per heavy atom. The standard InChI is InChI=1S/C22H25IN4O2/c23-15-25-22(16-6-2-1-3-7-16)12-10-21(11-13-22)14-27(20(29)26-21)18-9-5-4-8-17(18)19(24)28/h1-9,25H,10-15H2,(H2,24,28)(H,26,29)/t21-,22+. The molecule has 3 amide bonds. The van der Waals surface area contributed by atoms with E-state index in [1.165, 1.54) is 5.56 Å². The molecule has 1 aliphatic carbocycles. The summed E-state index contributed by atoms with van der Waals surface area (Å²) in [6, 6.07) is 17.4. The number of halogens is 1. The fourth-order valence-electron chi connectivity index (χ4n) is 4.71. The quantitative estimate of drug-likeness (QED) is 0.331. The molecular formula is C22H25IN4O2. The molecule has 1 spiro atoms. The lowest BCUT2D eigenvalue weighted by molar-refractivity contribution is 0.100. The molecule has 1 saturated heterocycles. The first-order chi connectivity index (χ1) is 14.0. The Balaban J connectivity index is 1.56. The highest BCUT2D eigenvalue weighted by atomic mass is 127. The topological polar surface area (TPSA) is 87.5 Å². The molecule has 1 aliphatic heterocycles. The van der Waals surface area contributed by atoms with Gasteiger partial charge in [0.1, 0.15) is 0 Å². The molecule has 152 valence electrons. The number of carbonyl (C=O) groups is 2. The van der Waals surface area contributed by atoms with Crippen molar-refractivity contribution in [1.29, 1.82) is 0 Å². The van der Waals surface area contributed by atoms with Crippen LogP contribution < -0.4 is 21.3 Å². The maximum Gasteiger partial charge on any atom is 0.322 e. The van der Waals surface area contributed by atoms with E-state index < -0.39 is 5.91 Å². The van der Waals surface area contributed by atoms with Crippen LogP contribution >= 0.6 is 22.6 Å². The summed E-state index contributed by atoms with van der Waals surface area (Å²) in [5.74, 6) is -0.521. The minimum atomic E-state index is -0.521. The summed E-state index contributed by atoms with van der Waals surface area (Å²) in [5.41, 5.74) is 7.42. The SMILES string of the molecule is NC(=O)c1ccccc1N1C[C@]2(CC[C@@](NCI)(c3ccccc3)CC2)NC1=O. The van der Waals surface area contributed by atoms with E-state index >= 15 is 0 Å². The number of carbonyl (C=O) groups excluding carboxylic acids is 2. The summed E-state index contributed by atoms with van der Waals surface area (Å²) in [5, 5.41) is 6.92. The van der Waals surface area contributed by atoms with Gasteiger partial charge in [0, 0.05) is 10.1 Å². The van der Waals surface area contributed by atoms with Crippen molar-refractivity contribution in [2.45, 2.75) is 36.8 Å². The summed E-state index contributed by atoms with van der Waals surface area (Å²) < 4.78 is 0.865. The van der Waals surface area contributed by atoms with E-state index in [1.807, 2.05) is 12.1 Å². The number of alkyl halides is 1. The molecule has 2 aromatic carbocycles. The van der Waals surface area contributed by atoms with Crippen LogP contribution in [-0.2, 0) is 5.54 Å². The zero-order valence-corrected chi connectivity index (χ0v) is 18.3. The molecule has 1 heterocycles. The number of nitrogens with one attached hydrogen (secondary N) is 2. The highest BCUT2D eigenvalue weighted by Crippen LogP contribution is 2.44. The lowest BCUT2D eigenvalue weighted by atomic mass is 9.69. The first-order valence-corrected chi connectivity index (χ1v) is 11.4. The van der Waals surface area contributed by atoms with Crippen molar-refractivity contribution in [3.05, 3.63) is 65.7 Å². The molecule has 0 aromatic heterocycles. The van der Waals surface area contributed by atoms with Gasteiger partial charge < -0.3 is 11.1 Å². The lowest BCUT2D eigenvalue weighted by Crippen LogP contribution is -2.54. The Morgan fingerprint density at radius 1 is 1.07 bits per heavy atom. The number of rotatable bonds is 5. The molecule has 4 rings (SSSR count). The van der Waals surface area contributed by atoms with Crippen LogP contribution in [0, 0.1) is 0 Å². The number of urea groups is 1. The molecule has 29 heavy (non-hydrogen) atoms. The second-order valence-electron chi connectivity index (χ2n) is 7.94. The predicted octanol–water partition coefficient (Wildman–Crippen LogP) is 3.51. The molecule has 2 aromatic rings. The summed E-state index contributed by atoms with van der Waals surface area (Å²) in [4.78, 5) is 26.3. The van der Waals surface area contributed by atoms with Crippen LogP contribution in [0.5, 0.6) is 0 Å². The molecular weight excluding hydrogens is 479 g/mol. The molecule has 0 unspecified atom stereocenters. The van der Waals surface area contributed by atoms with Gasteiger partial charge in [0.15, 0.2) is 0 Å². The summed E-state index contributed by atoms with van der Waals surface area (Å²) in [7, 11) is 0. The first kappa shape index (κ1) is 20.2. The van der Waals surface area contributed by atoms with E-state index in [4.69, 9.17) is 5.73 Å². The monoisotopic (exact) mass is 504 g/mol. The van der Waals surface area contributed by atoms with Gasteiger partial charge in [-0.1, -0.05) is 65.1 Å². The van der Waals surface area contributed by atoms with Crippen LogP contribution in [0.25, 0.3) is 0 Å². The van der Waals surface area contributed by atoms with Crippen LogP contribution in [0.15, 0.2) is 54.6 Å². The van der Waals surface area contributed by atoms with Gasteiger partial charge in [0.25, 0.3) is 5.91 Å². The fourth-order valence-corrected chi connectivity index (χ4v) is 5.44. The highest BCUT2D eigenvalue weighted by Gasteiger charge is 2.49. The van der Waals surface area contributed by atoms with Crippen LogP contribution in [0.1, 0.15) is 41.6 Å². The number of amides is 3. The Morgan fingerprint density at radius 2 is 1.72 bits per heavy atom. The molecule has 2 fully saturated rings. The zero-order valence-electron chi connectivity index (χ0n) is 16.2. The summed E-state index contributed by atoms with van der Waals surface area (Å²) in [6.45, 7) is 0.547. The minimum absolute atomic E-state index is 0.0724. The number of nitrogens with two attached hydrogens (primary N) is 1. The third-order valence-corrected chi connectivity index (χ3v) is 6.71. The highest BCUT2D eigenvalue weighted by molar-refractivity contribution is 14.1. The normalized spacial score (nSPS) is 26.5. The van der Waals surface area contributed by atoms with Crippen molar-refractivity contribution in [3.8, 4) is 0 Å². The predicted molar refractivity (Wildman–Crippen MR) is 122 cm³/mol. The van der Waals surface area contributed by atoms with Gasteiger partial charge in [-0.15, -0.1) is 0 Å². The molecule has 7 heteroatoms. The van der Waals surface area contributed by atoms with Crippen LogP contribution in [0.4, 0.5) is 10.5 Å². The Bertz CT molecular complexity index is 910. The fraction of sp³-hybridized carbons (Fsp3) is 0.364.